The van der Waals surface area contributed by atoms with Crippen molar-refractivity contribution in [1.82, 2.24) is 14.3 Å². The Labute approximate surface area is 120 Å². The smallest absolute Gasteiger partial charge is 0.325 e. The Hall–Kier alpha value is -2.61. The van der Waals surface area contributed by atoms with Crippen molar-refractivity contribution in [2.24, 2.45) is 0 Å². The molecule has 2 heterocycles. The molecule has 8 heteroatoms. The first kappa shape index (κ1) is 14.8. The summed E-state index contributed by atoms with van der Waals surface area (Å²) in [5.41, 5.74) is 0.943. The summed E-state index contributed by atoms with van der Waals surface area (Å²) in [4.78, 5) is 22.7. The van der Waals surface area contributed by atoms with Crippen LogP contribution in [0.15, 0.2) is 30.7 Å². The zero-order valence-corrected chi connectivity index (χ0v) is 11.5. The molecule has 0 saturated heterocycles. The number of carboxylic acids is 1. The van der Waals surface area contributed by atoms with Gasteiger partial charge in [0.1, 0.15) is 12.2 Å². The van der Waals surface area contributed by atoms with Gasteiger partial charge in [0, 0.05) is 26.0 Å². The minimum Gasteiger partial charge on any atom is -0.480 e. The second-order valence-corrected chi connectivity index (χ2v) is 4.35. The summed E-state index contributed by atoms with van der Waals surface area (Å²) in [6, 6.07) is 3.48. The predicted octanol–water partition coefficient (Wildman–Crippen LogP) is 0.668. The van der Waals surface area contributed by atoms with E-state index in [0.717, 1.165) is 0 Å². The lowest BCUT2D eigenvalue weighted by molar-refractivity contribution is -0.137. The van der Waals surface area contributed by atoms with Crippen LogP contribution in [0.4, 0.5) is 5.69 Å². The maximum Gasteiger partial charge on any atom is 0.325 e. The van der Waals surface area contributed by atoms with Crippen LogP contribution in [0.1, 0.15) is 10.5 Å². The van der Waals surface area contributed by atoms with Crippen molar-refractivity contribution in [1.29, 1.82) is 0 Å². The van der Waals surface area contributed by atoms with Gasteiger partial charge in [0.2, 0.25) is 0 Å². The van der Waals surface area contributed by atoms with Crippen LogP contribution in [0.25, 0.3) is 0 Å². The Morgan fingerprint density at radius 1 is 1.48 bits per heavy atom. The molecule has 1 amide bonds. The number of methoxy groups -OCH3 is 1. The van der Waals surface area contributed by atoms with Gasteiger partial charge in [0.05, 0.1) is 18.5 Å². The minimum atomic E-state index is -0.996. The Bertz CT molecular complexity index is 632. The van der Waals surface area contributed by atoms with Gasteiger partial charge in [0.25, 0.3) is 5.91 Å². The van der Waals surface area contributed by atoms with Gasteiger partial charge in [-0.15, -0.1) is 0 Å². The maximum absolute atomic E-state index is 12.2. The number of carbonyl (C=O) groups is 2. The van der Waals surface area contributed by atoms with Gasteiger partial charge in [0.15, 0.2) is 0 Å². The molecule has 0 spiro atoms. The molecular formula is C13H16N4O4. The Kier molecular flexibility index (Phi) is 4.72. The zero-order chi connectivity index (χ0) is 15.2. The summed E-state index contributed by atoms with van der Waals surface area (Å²) in [7, 11) is 1.60. The summed E-state index contributed by atoms with van der Waals surface area (Å²) in [5.74, 6) is -1.28. The third-order valence-corrected chi connectivity index (χ3v) is 2.79. The summed E-state index contributed by atoms with van der Waals surface area (Å²) < 4.78 is 8.00. The molecule has 0 atom stereocenters. The van der Waals surface area contributed by atoms with Crippen LogP contribution in [0.3, 0.4) is 0 Å². The molecule has 112 valence electrons. The lowest BCUT2D eigenvalue weighted by atomic mass is 10.4. The number of ether oxygens (including phenoxy) is 1. The molecule has 2 aromatic heterocycles. The van der Waals surface area contributed by atoms with Crippen LogP contribution >= 0.6 is 0 Å². The van der Waals surface area contributed by atoms with Gasteiger partial charge < -0.3 is 19.7 Å². The lowest BCUT2D eigenvalue weighted by Gasteiger charge is -2.08. The van der Waals surface area contributed by atoms with Gasteiger partial charge in [-0.1, -0.05) is 0 Å². The number of amides is 1. The molecule has 0 radical (unpaired) electrons. The predicted molar refractivity (Wildman–Crippen MR) is 74.1 cm³/mol. The number of aromatic nitrogens is 3. The van der Waals surface area contributed by atoms with Crippen LogP contribution in [0.2, 0.25) is 0 Å². The number of hydrogen-bond acceptors (Lipinski definition) is 4. The largest absolute Gasteiger partial charge is 0.480 e. The second kappa shape index (κ2) is 6.71. The molecule has 0 aromatic carbocycles. The van der Waals surface area contributed by atoms with Gasteiger partial charge in [-0.25, -0.2) is 0 Å². The molecule has 2 rings (SSSR count). The van der Waals surface area contributed by atoms with Crippen LogP contribution < -0.4 is 5.32 Å². The number of hydrogen-bond donors (Lipinski definition) is 2. The molecule has 2 aromatic rings. The van der Waals surface area contributed by atoms with E-state index in [1.54, 1.807) is 30.0 Å². The SMILES string of the molecule is COCCn1cccc1C(=O)Nc1cnn(CC(=O)O)c1. The number of rotatable bonds is 7. The van der Waals surface area contributed by atoms with E-state index >= 15 is 0 Å². The van der Waals surface area contributed by atoms with Crippen LogP contribution in [0.5, 0.6) is 0 Å². The molecule has 0 aliphatic carbocycles. The van der Waals surface area contributed by atoms with Crippen molar-refractivity contribution in [2.45, 2.75) is 13.1 Å². The second-order valence-electron chi connectivity index (χ2n) is 4.35. The molecule has 8 nitrogen and oxygen atoms in total. The molecule has 0 fully saturated rings. The first-order valence-electron chi connectivity index (χ1n) is 6.30. The van der Waals surface area contributed by atoms with Gasteiger partial charge in [-0.05, 0) is 12.1 Å². The standard InChI is InChI=1S/C13H16N4O4/c1-21-6-5-16-4-2-3-11(16)13(20)15-10-7-14-17(8-10)9-12(18)19/h2-4,7-8H,5-6,9H2,1H3,(H,15,20)(H,18,19). The highest BCUT2D eigenvalue weighted by Gasteiger charge is 2.12. The first-order chi connectivity index (χ1) is 10.1. The van der Waals surface area contributed by atoms with Crippen molar-refractivity contribution in [3.05, 3.63) is 36.4 Å². The van der Waals surface area contributed by atoms with Crippen molar-refractivity contribution in [3.63, 3.8) is 0 Å². The van der Waals surface area contributed by atoms with E-state index in [9.17, 15) is 9.59 Å². The van der Waals surface area contributed by atoms with E-state index in [0.29, 0.717) is 24.5 Å². The average Bonchev–Trinajstić information content (AvgIpc) is 3.05. The highest BCUT2D eigenvalue weighted by Crippen LogP contribution is 2.09. The van der Waals surface area contributed by atoms with Crippen molar-refractivity contribution < 1.29 is 19.4 Å². The Morgan fingerprint density at radius 2 is 2.29 bits per heavy atom. The van der Waals surface area contributed by atoms with Crippen LogP contribution in [0, 0.1) is 0 Å². The normalized spacial score (nSPS) is 10.5. The van der Waals surface area contributed by atoms with Crippen molar-refractivity contribution >= 4 is 17.6 Å². The molecule has 0 unspecified atom stereocenters. The van der Waals surface area contributed by atoms with E-state index in [2.05, 4.69) is 10.4 Å². The monoisotopic (exact) mass is 292 g/mol. The number of anilines is 1. The molecule has 0 aliphatic heterocycles. The number of carbonyl (C=O) groups excluding carboxylic acids is 1. The fraction of sp³-hybridized carbons (Fsp3) is 0.308. The van der Waals surface area contributed by atoms with E-state index < -0.39 is 5.97 Å². The maximum atomic E-state index is 12.2. The number of nitrogens with one attached hydrogen (secondary N) is 1. The number of aliphatic carboxylic acids is 1. The summed E-state index contributed by atoms with van der Waals surface area (Å²) in [6.45, 7) is 0.829. The quantitative estimate of drug-likeness (QED) is 0.781. The minimum absolute atomic E-state index is 0.250. The average molecular weight is 292 g/mol. The molecule has 2 N–H and O–H groups in total. The van der Waals surface area contributed by atoms with Gasteiger partial charge >= 0.3 is 5.97 Å². The third-order valence-electron chi connectivity index (χ3n) is 2.79. The van der Waals surface area contributed by atoms with Gasteiger partial charge in [-0.3, -0.25) is 14.3 Å². The zero-order valence-electron chi connectivity index (χ0n) is 11.5. The topological polar surface area (TPSA) is 98.4 Å². The molecule has 0 saturated carbocycles. The van der Waals surface area contributed by atoms with E-state index in [-0.39, 0.29) is 12.5 Å². The Balaban J connectivity index is 2.02. The van der Waals surface area contributed by atoms with Crippen molar-refractivity contribution in [3.8, 4) is 0 Å². The summed E-state index contributed by atoms with van der Waals surface area (Å²) >= 11 is 0. The van der Waals surface area contributed by atoms with E-state index in [1.165, 1.54) is 17.1 Å². The fourth-order valence-corrected chi connectivity index (χ4v) is 1.85. The number of nitrogens with zero attached hydrogens (tertiary/aromatic N) is 3. The van der Waals surface area contributed by atoms with E-state index in [4.69, 9.17) is 9.84 Å². The van der Waals surface area contributed by atoms with Gasteiger partial charge in [-0.2, -0.15) is 5.10 Å². The molecule has 21 heavy (non-hydrogen) atoms. The highest BCUT2D eigenvalue weighted by molar-refractivity contribution is 6.03. The third kappa shape index (κ3) is 3.93. The van der Waals surface area contributed by atoms with Crippen LogP contribution in [-0.2, 0) is 22.6 Å². The Morgan fingerprint density at radius 3 is 3.00 bits per heavy atom. The highest BCUT2D eigenvalue weighted by atomic mass is 16.5. The molecule has 0 bridgehead atoms. The summed E-state index contributed by atoms with van der Waals surface area (Å²) in [5, 5.41) is 15.2. The number of carboxylic acid groups (broad SMARTS) is 1. The fourth-order valence-electron chi connectivity index (χ4n) is 1.85. The van der Waals surface area contributed by atoms with E-state index in [1.807, 2.05) is 0 Å². The van der Waals surface area contributed by atoms with Crippen LogP contribution in [-0.4, -0.2) is 45.0 Å². The first-order valence-corrected chi connectivity index (χ1v) is 6.30. The lowest BCUT2D eigenvalue weighted by Crippen LogP contribution is -2.18. The molecule has 0 aliphatic rings. The summed E-state index contributed by atoms with van der Waals surface area (Å²) in [6.07, 6.45) is 4.67. The van der Waals surface area contributed by atoms with Crippen molar-refractivity contribution in [2.75, 3.05) is 19.0 Å². The molecular weight excluding hydrogens is 276 g/mol.